The van der Waals surface area contributed by atoms with Gasteiger partial charge in [0.2, 0.25) is 5.91 Å². The molecule has 2 atom stereocenters. The highest BCUT2D eigenvalue weighted by molar-refractivity contribution is 7.18. The van der Waals surface area contributed by atoms with Crippen molar-refractivity contribution in [3.05, 3.63) is 29.3 Å². The number of hydrogen-bond acceptors (Lipinski definition) is 3. The number of nitrogens with zero attached hydrogens (tertiary/aromatic N) is 1. The molecule has 2 unspecified atom stereocenters. The van der Waals surface area contributed by atoms with Crippen molar-refractivity contribution in [3.63, 3.8) is 0 Å². The summed E-state index contributed by atoms with van der Waals surface area (Å²) in [5, 5.41) is 4.05. The number of benzene rings is 1. The molecule has 1 aromatic heterocycles. The molecule has 0 radical (unpaired) electrons. The van der Waals surface area contributed by atoms with Gasteiger partial charge in [-0.1, -0.05) is 12.1 Å². The lowest BCUT2D eigenvalue weighted by molar-refractivity contribution is -0.125. The second kappa shape index (κ2) is 4.30. The van der Waals surface area contributed by atoms with Crippen LogP contribution in [0.4, 0.5) is 0 Å². The predicted molar refractivity (Wildman–Crippen MR) is 75.8 cm³/mol. The van der Waals surface area contributed by atoms with E-state index in [0.29, 0.717) is 6.54 Å². The monoisotopic (exact) mass is 272 g/mol. The SMILES string of the molecule is O=C(NCc1nc2ccccc2s1)C1CC2CC2C1. The molecule has 3 nitrogen and oxygen atoms in total. The number of fused-ring (bicyclic) bond motifs is 2. The second-order valence-electron chi connectivity index (χ2n) is 5.72. The Bertz CT molecular complexity index is 593. The van der Waals surface area contributed by atoms with E-state index in [2.05, 4.69) is 16.4 Å². The van der Waals surface area contributed by atoms with Crippen molar-refractivity contribution in [1.82, 2.24) is 10.3 Å². The molecule has 1 heterocycles. The molecule has 2 saturated carbocycles. The Balaban J connectivity index is 1.39. The molecule has 2 aliphatic rings. The van der Waals surface area contributed by atoms with Gasteiger partial charge in [-0.15, -0.1) is 11.3 Å². The molecule has 98 valence electrons. The van der Waals surface area contributed by atoms with E-state index in [-0.39, 0.29) is 11.8 Å². The summed E-state index contributed by atoms with van der Waals surface area (Å²) in [5.74, 6) is 2.21. The topological polar surface area (TPSA) is 42.0 Å². The minimum absolute atomic E-state index is 0.228. The van der Waals surface area contributed by atoms with Gasteiger partial charge in [-0.3, -0.25) is 4.79 Å². The number of amides is 1. The summed E-state index contributed by atoms with van der Waals surface area (Å²) >= 11 is 1.67. The van der Waals surface area contributed by atoms with Gasteiger partial charge in [0.1, 0.15) is 5.01 Å². The van der Waals surface area contributed by atoms with Gasteiger partial charge in [-0.2, -0.15) is 0 Å². The maximum Gasteiger partial charge on any atom is 0.223 e. The smallest absolute Gasteiger partial charge is 0.223 e. The van der Waals surface area contributed by atoms with E-state index in [1.54, 1.807) is 11.3 Å². The largest absolute Gasteiger partial charge is 0.349 e. The van der Waals surface area contributed by atoms with Gasteiger partial charge >= 0.3 is 0 Å². The number of rotatable bonds is 3. The van der Waals surface area contributed by atoms with Crippen LogP contribution in [0.3, 0.4) is 0 Å². The first-order valence-electron chi connectivity index (χ1n) is 6.92. The average Bonchev–Trinajstić information content (AvgIpc) is 2.89. The number of hydrogen-bond donors (Lipinski definition) is 1. The highest BCUT2D eigenvalue weighted by Gasteiger charge is 2.47. The molecule has 2 aliphatic carbocycles. The number of aromatic nitrogens is 1. The van der Waals surface area contributed by atoms with Crippen LogP contribution in [0.1, 0.15) is 24.3 Å². The van der Waals surface area contributed by atoms with E-state index >= 15 is 0 Å². The maximum atomic E-state index is 12.1. The second-order valence-corrected chi connectivity index (χ2v) is 6.83. The summed E-state index contributed by atoms with van der Waals surface area (Å²) in [4.78, 5) is 16.6. The van der Waals surface area contributed by atoms with Crippen molar-refractivity contribution in [2.45, 2.75) is 25.8 Å². The van der Waals surface area contributed by atoms with Crippen molar-refractivity contribution in [2.24, 2.45) is 17.8 Å². The molecule has 2 fully saturated rings. The van der Waals surface area contributed by atoms with Crippen molar-refractivity contribution < 1.29 is 4.79 Å². The van der Waals surface area contributed by atoms with Gasteiger partial charge in [0, 0.05) is 5.92 Å². The number of thiazole rings is 1. The fraction of sp³-hybridized carbons (Fsp3) is 0.467. The summed E-state index contributed by atoms with van der Waals surface area (Å²) < 4.78 is 1.19. The van der Waals surface area contributed by atoms with Crippen molar-refractivity contribution in [3.8, 4) is 0 Å². The van der Waals surface area contributed by atoms with Gasteiger partial charge in [-0.25, -0.2) is 4.98 Å². The van der Waals surface area contributed by atoms with E-state index in [1.165, 1.54) is 11.1 Å². The number of para-hydroxylation sites is 1. The molecule has 4 rings (SSSR count). The summed E-state index contributed by atoms with van der Waals surface area (Å²) in [6, 6.07) is 8.10. The summed E-state index contributed by atoms with van der Waals surface area (Å²) in [6.07, 6.45) is 3.58. The maximum absolute atomic E-state index is 12.1. The lowest BCUT2D eigenvalue weighted by Gasteiger charge is -2.10. The van der Waals surface area contributed by atoms with E-state index in [9.17, 15) is 4.79 Å². The third-order valence-electron chi connectivity index (χ3n) is 4.37. The molecule has 4 heteroatoms. The van der Waals surface area contributed by atoms with Crippen LogP contribution in [0.15, 0.2) is 24.3 Å². The van der Waals surface area contributed by atoms with Crippen LogP contribution < -0.4 is 5.32 Å². The predicted octanol–water partition coefficient (Wildman–Crippen LogP) is 2.96. The zero-order chi connectivity index (χ0) is 12.8. The van der Waals surface area contributed by atoms with Crippen LogP contribution in [-0.4, -0.2) is 10.9 Å². The molecule has 2 aromatic rings. The van der Waals surface area contributed by atoms with Crippen molar-refractivity contribution in [1.29, 1.82) is 0 Å². The molecule has 0 saturated heterocycles. The Morgan fingerprint density at radius 1 is 1.26 bits per heavy atom. The minimum atomic E-state index is 0.228. The molecule has 0 spiro atoms. The van der Waals surface area contributed by atoms with E-state index in [1.807, 2.05) is 18.2 Å². The van der Waals surface area contributed by atoms with Crippen LogP contribution in [0.5, 0.6) is 0 Å². The fourth-order valence-electron chi connectivity index (χ4n) is 3.23. The lowest BCUT2D eigenvalue weighted by atomic mass is 10.0. The highest BCUT2D eigenvalue weighted by Crippen LogP contribution is 2.54. The normalized spacial score (nSPS) is 28.3. The van der Waals surface area contributed by atoms with Gasteiger partial charge in [0.25, 0.3) is 0 Å². The van der Waals surface area contributed by atoms with Gasteiger partial charge in [-0.05, 0) is 43.2 Å². The van der Waals surface area contributed by atoms with Gasteiger partial charge < -0.3 is 5.32 Å². The number of carbonyl (C=O) groups is 1. The average molecular weight is 272 g/mol. The lowest BCUT2D eigenvalue weighted by Crippen LogP contribution is -2.29. The van der Waals surface area contributed by atoms with Crippen LogP contribution in [0.2, 0.25) is 0 Å². The molecule has 1 amide bonds. The first-order chi connectivity index (χ1) is 9.29. The standard InChI is InChI=1S/C15H16N2OS/c18-15(11-6-9-5-10(9)7-11)16-8-14-17-12-3-1-2-4-13(12)19-14/h1-4,9-11H,5-8H2,(H,16,18). The van der Waals surface area contributed by atoms with Crippen molar-refractivity contribution >= 4 is 27.5 Å². The Hall–Kier alpha value is -1.42. The first kappa shape index (κ1) is 11.4. The molecular weight excluding hydrogens is 256 g/mol. The molecular formula is C15H16N2OS. The summed E-state index contributed by atoms with van der Waals surface area (Å²) in [6.45, 7) is 0.573. The molecule has 19 heavy (non-hydrogen) atoms. The number of carbonyl (C=O) groups excluding carboxylic acids is 1. The highest BCUT2D eigenvalue weighted by atomic mass is 32.1. The zero-order valence-corrected chi connectivity index (χ0v) is 11.5. The third kappa shape index (κ3) is 2.14. The van der Waals surface area contributed by atoms with Crippen LogP contribution in [0.25, 0.3) is 10.2 Å². The Labute approximate surface area is 116 Å². The van der Waals surface area contributed by atoms with E-state index in [4.69, 9.17) is 0 Å². The zero-order valence-electron chi connectivity index (χ0n) is 10.6. The van der Waals surface area contributed by atoms with E-state index < -0.39 is 0 Å². The Morgan fingerprint density at radius 3 is 2.84 bits per heavy atom. The Morgan fingerprint density at radius 2 is 2.05 bits per heavy atom. The number of nitrogens with one attached hydrogen (secondary N) is 1. The van der Waals surface area contributed by atoms with Crippen molar-refractivity contribution in [2.75, 3.05) is 0 Å². The molecule has 1 aromatic carbocycles. The van der Waals surface area contributed by atoms with Crippen LogP contribution in [0, 0.1) is 17.8 Å². The fourth-order valence-corrected chi connectivity index (χ4v) is 4.14. The quantitative estimate of drug-likeness (QED) is 0.933. The minimum Gasteiger partial charge on any atom is -0.349 e. The third-order valence-corrected chi connectivity index (χ3v) is 5.40. The van der Waals surface area contributed by atoms with Crippen LogP contribution >= 0.6 is 11.3 Å². The molecule has 0 bridgehead atoms. The van der Waals surface area contributed by atoms with Crippen LogP contribution in [-0.2, 0) is 11.3 Å². The summed E-state index contributed by atoms with van der Waals surface area (Å²) in [5.41, 5.74) is 1.03. The van der Waals surface area contributed by atoms with Gasteiger partial charge in [0.15, 0.2) is 0 Å². The molecule has 0 aliphatic heterocycles. The summed E-state index contributed by atoms with van der Waals surface area (Å²) in [7, 11) is 0. The molecule has 1 N–H and O–H groups in total. The first-order valence-corrected chi connectivity index (χ1v) is 7.73. The Kier molecular flexibility index (Phi) is 2.58. The van der Waals surface area contributed by atoms with Gasteiger partial charge in [0.05, 0.1) is 16.8 Å². The van der Waals surface area contributed by atoms with E-state index in [0.717, 1.165) is 35.2 Å².